The predicted octanol–water partition coefficient (Wildman–Crippen LogP) is 4.70. The van der Waals surface area contributed by atoms with E-state index in [9.17, 15) is 27.2 Å². The third kappa shape index (κ3) is 5.21. The summed E-state index contributed by atoms with van der Waals surface area (Å²) in [7, 11) is 0. The van der Waals surface area contributed by atoms with E-state index >= 15 is 0 Å². The van der Waals surface area contributed by atoms with Gasteiger partial charge in [-0.05, 0) is 52.3 Å². The number of rotatable bonds is 5. The first-order chi connectivity index (χ1) is 15.1. The molecule has 2 heterocycles. The minimum absolute atomic E-state index is 0.00699. The van der Waals surface area contributed by atoms with Gasteiger partial charge in [-0.25, -0.2) is 9.18 Å². The van der Waals surface area contributed by atoms with Crippen LogP contribution in [0.2, 0.25) is 0 Å². The summed E-state index contributed by atoms with van der Waals surface area (Å²) in [5.74, 6) is -0.547. The van der Waals surface area contributed by atoms with Crippen LogP contribution in [0.1, 0.15) is 40.2 Å². The maximum atomic E-state index is 13.8. The van der Waals surface area contributed by atoms with Crippen molar-refractivity contribution in [3.05, 3.63) is 58.3 Å². The van der Waals surface area contributed by atoms with Gasteiger partial charge in [-0.1, -0.05) is 12.1 Å². The van der Waals surface area contributed by atoms with Gasteiger partial charge in [0.25, 0.3) is 0 Å². The summed E-state index contributed by atoms with van der Waals surface area (Å²) in [6, 6.07) is 4.88. The Hall–Kier alpha value is -2.88. The number of hydrogen-bond acceptors (Lipinski definition) is 4. The first kappa shape index (κ1) is 24.8. The monoisotopic (exact) mass is 470 g/mol. The highest BCUT2D eigenvalue weighted by molar-refractivity contribution is 5.68. The standard InChI is InChI=1S/C23H26F4N2O4/c1-20(2,3)33-19(31)28-12-21(4,5)29-10-16(14-6-8-15(24)9-7-14)18(30)17(11-29)22(13-32-22)23(25,26)27/h6-11H,12-13H2,1-5H3,(H,28,31). The van der Waals surface area contributed by atoms with Crippen LogP contribution >= 0.6 is 0 Å². The second-order valence-corrected chi connectivity index (χ2v) is 9.61. The topological polar surface area (TPSA) is 72.9 Å². The second kappa shape index (κ2) is 8.16. The fourth-order valence-corrected chi connectivity index (χ4v) is 3.29. The zero-order chi connectivity index (χ0) is 24.8. The Labute approximate surface area is 188 Å². The normalized spacial score (nSPS) is 18.7. The molecule has 1 atom stereocenters. The zero-order valence-corrected chi connectivity index (χ0v) is 19.0. The summed E-state index contributed by atoms with van der Waals surface area (Å²) in [5.41, 5.74) is -5.60. The molecular formula is C23H26F4N2O4. The van der Waals surface area contributed by atoms with Crippen molar-refractivity contribution in [1.29, 1.82) is 0 Å². The van der Waals surface area contributed by atoms with Crippen molar-refractivity contribution in [2.45, 2.75) is 57.5 Å². The fourth-order valence-electron chi connectivity index (χ4n) is 3.29. The highest BCUT2D eigenvalue weighted by Crippen LogP contribution is 2.51. The Morgan fingerprint density at radius 3 is 2.18 bits per heavy atom. The van der Waals surface area contributed by atoms with Gasteiger partial charge in [0.05, 0.1) is 17.7 Å². The molecule has 0 aliphatic carbocycles. The largest absolute Gasteiger partial charge is 0.444 e. The smallest absolute Gasteiger partial charge is 0.424 e. The Bertz CT molecular complexity index is 1100. The van der Waals surface area contributed by atoms with Crippen molar-refractivity contribution in [1.82, 2.24) is 9.88 Å². The predicted molar refractivity (Wildman–Crippen MR) is 113 cm³/mol. The van der Waals surface area contributed by atoms with Gasteiger partial charge in [0.2, 0.25) is 5.60 Å². The number of nitrogens with one attached hydrogen (secondary N) is 1. The Balaban J connectivity index is 2.07. The molecule has 10 heteroatoms. The summed E-state index contributed by atoms with van der Waals surface area (Å²) in [6.07, 6.45) is -2.99. The molecule has 180 valence electrons. The molecule has 1 amide bonds. The van der Waals surface area contributed by atoms with Crippen LogP contribution in [0.3, 0.4) is 0 Å². The summed E-state index contributed by atoms with van der Waals surface area (Å²) < 4.78 is 66.2. The number of pyridine rings is 1. The molecule has 6 nitrogen and oxygen atoms in total. The number of carbonyl (C=O) groups excluding carboxylic acids is 1. The summed E-state index contributed by atoms with van der Waals surface area (Å²) in [5, 5.41) is 2.60. The maximum absolute atomic E-state index is 13.8. The Kier molecular flexibility index (Phi) is 6.12. The molecule has 0 saturated carbocycles. The van der Waals surface area contributed by atoms with Gasteiger partial charge in [-0.3, -0.25) is 4.79 Å². The van der Waals surface area contributed by atoms with Gasteiger partial charge in [0, 0.05) is 24.5 Å². The van der Waals surface area contributed by atoms with Crippen LogP contribution in [0.15, 0.2) is 41.5 Å². The lowest BCUT2D eigenvalue weighted by atomic mass is 9.94. The van der Waals surface area contributed by atoms with E-state index in [-0.39, 0.29) is 17.7 Å². The van der Waals surface area contributed by atoms with Crippen LogP contribution in [0.25, 0.3) is 11.1 Å². The van der Waals surface area contributed by atoms with Gasteiger partial charge in [-0.2, -0.15) is 13.2 Å². The molecule has 1 fully saturated rings. The van der Waals surface area contributed by atoms with Gasteiger partial charge in [0.1, 0.15) is 11.4 Å². The third-order valence-corrected chi connectivity index (χ3v) is 5.27. The van der Waals surface area contributed by atoms with Crippen molar-refractivity contribution >= 4 is 6.09 Å². The molecule has 0 spiro atoms. The van der Waals surface area contributed by atoms with Gasteiger partial charge in [0.15, 0.2) is 5.43 Å². The molecule has 1 saturated heterocycles. The number of amides is 1. The maximum Gasteiger partial charge on any atom is 0.424 e. The molecule has 1 aromatic heterocycles. The van der Waals surface area contributed by atoms with Crippen molar-refractivity contribution in [3.63, 3.8) is 0 Å². The van der Waals surface area contributed by atoms with Gasteiger partial charge >= 0.3 is 12.3 Å². The van der Waals surface area contributed by atoms with Gasteiger partial charge in [-0.15, -0.1) is 0 Å². The fraction of sp³-hybridized carbons (Fsp3) is 0.478. The van der Waals surface area contributed by atoms with Crippen LogP contribution in [-0.4, -0.2) is 35.6 Å². The molecule has 2 aromatic rings. The Morgan fingerprint density at radius 2 is 1.70 bits per heavy atom. The van der Waals surface area contributed by atoms with E-state index in [0.717, 1.165) is 18.3 Å². The van der Waals surface area contributed by atoms with E-state index in [1.165, 1.54) is 22.9 Å². The number of epoxide rings is 1. The van der Waals surface area contributed by atoms with Crippen molar-refractivity contribution in [2.24, 2.45) is 0 Å². The number of alkyl halides is 3. The number of hydrogen-bond donors (Lipinski definition) is 1. The minimum atomic E-state index is -4.80. The summed E-state index contributed by atoms with van der Waals surface area (Å²) in [6.45, 7) is 7.79. The van der Waals surface area contributed by atoms with Crippen LogP contribution in [0.4, 0.5) is 22.4 Å². The molecule has 1 aromatic carbocycles. The quantitative estimate of drug-likeness (QED) is 0.508. The number of ether oxygens (including phenoxy) is 2. The Morgan fingerprint density at radius 1 is 1.12 bits per heavy atom. The number of carbonyl (C=O) groups is 1. The molecule has 33 heavy (non-hydrogen) atoms. The second-order valence-electron chi connectivity index (χ2n) is 9.61. The van der Waals surface area contributed by atoms with Crippen LogP contribution in [0, 0.1) is 5.82 Å². The number of nitrogens with zero attached hydrogens (tertiary/aromatic N) is 1. The van der Waals surface area contributed by atoms with Crippen molar-refractivity contribution < 1.29 is 31.8 Å². The zero-order valence-electron chi connectivity index (χ0n) is 19.0. The third-order valence-electron chi connectivity index (χ3n) is 5.27. The van der Waals surface area contributed by atoms with E-state index in [4.69, 9.17) is 9.47 Å². The molecule has 0 bridgehead atoms. The molecule has 0 radical (unpaired) electrons. The summed E-state index contributed by atoms with van der Waals surface area (Å²) >= 11 is 0. The average molecular weight is 470 g/mol. The lowest BCUT2D eigenvalue weighted by Crippen LogP contribution is -2.44. The molecule has 3 rings (SSSR count). The molecular weight excluding hydrogens is 444 g/mol. The van der Waals surface area contributed by atoms with Gasteiger partial charge < -0.3 is 19.4 Å². The first-order valence-corrected chi connectivity index (χ1v) is 10.3. The molecule has 1 N–H and O–H groups in total. The van der Waals surface area contributed by atoms with Crippen LogP contribution in [0.5, 0.6) is 0 Å². The van der Waals surface area contributed by atoms with Crippen LogP contribution in [-0.2, 0) is 20.6 Å². The van der Waals surface area contributed by atoms with E-state index in [2.05, 4.69) is 5.32 Å². The number of alkyl carbamates (subject to hydrolysis) is 1. The summed E-state index contributed by atoms with van der Waals surface area (Å²) in [4.78, 5) is 25.2. The highest BCUT2D eigenvalue weighted by Gasteiger charge is 2.68. The van der Waals surface area contributed by atoms with E-state index in [1.54, 1.807) is 34.6 Å². The van der Waals surface area contributed by atoms with E-state index < -0.39 is 52.4 Å². The number of benzene rings is 1. The van der Waals surface area contributed by atoms with Crippen LogP contribution < -0.4 is 10.7 Å². The average Bonchev–Trinajstić information content (AvgIpc) is 3.48. The minimum Gasteiger partial charge on any atom is -0.444 e. The first-order valence-electron chi connectivity index (χ1n) is 10.3. The van der Waals surface area contributed by atoms with E-state index in [1.807, 2.05) is 0 Å². The van der Waals surface area contributed by atoms with E-state index in [0.29, 0.717) is 0 Å². The SMILES string of the molecule is CC(C)(C)OC(=O)NCC(C)(C)n1cc(-c2ccc(F)cc2)c(=O)c(C2(C(F)(F)F)CO2)c1. The molecule has 1 unspecified atom stereocenters. The highest BCUT2D eigenvalue weighted by atomic mass is 19.4. The van der Waals surface area contributed by atoms with Crippen molar-refractivity contribution in [2.75, 3.05) is 13.2 Å². The number of aromatic nitrogens is 1. The lowest BCUT2D eigenvalue weighted by molar-refractivity contribution is -0.187. The molecule has 1 aliphatic heterocycles. The lowest BCUT2D eigenvalue weighted by Gasteiger charge is -2.31. The number of halogens is 4. The molecule has 1 aliphatic rings. The van der Waals surface area contributed by atoms with Crippen molar-refractivity contribution in [3.8, 4) is 11.1 Å².